The standard InChI is InChI=1S/C22H22N4/c1-13(2)25-22-21-20(23-12-24-22)17-10-7-15(4)11-18(17)19(26-21)16-8-5-14(3)6-9-16/h5-13H,1-4H3,(H,23,24,25). The van der Waals surface area contributed by atoms with Gasteiger partial charge in [-0.05, 0) is 33.8 Å². The number of hydrogen-bond donors (Lipinski definition) is 1. The first-order valence-electron chi connectivity index (χ1n) is 8.91. The van der Waals surface area contributed by atoms with E-state index < -0.39 is 0 Å². The van der Waals surface area contributed by atoms with E-state index in [1.807, 2.05) is 0 Å². The number of hydrogen-bond acceptors (Lipinski definition) is 4. The Kier molecular flexibility index (Phi) is 4.03. The highest BCUT2D eigenvalue weighted by molar-refractivity contribution is 6.11. The van der Waals surface area contributed by atoms with E-state index in [1.165, 1.54) is 11.1 Å². The summed E-state index contributed by atoms with van der Waals surface area (Å²) in [5.74, 6) is 0.779. The molecule has 0 amide bonds. The third kappa shape index (κ3) is 2.88. The van der Waals surface area contributed by atoms with Crippen molar-refractivity contribution in [3.05, 3.63) is 59.9 Å². The van der Waals surface area contributed by atoms with Crippen LogP contribution in [0.25, 0.3) is 33.1 Å². The lowest BCUT2D eigenvalue weighted by Gasteiger charge is -2.14. The fourth-order valence-electron chi connectivity index (χ4n) is 3.22. The van der Waals surface area contributed by atoms with E-state index >= 15 is 0 Å². The molecule has 2 heterocycles. The third-order valence-corrected chi connectivity index (χ3v) is 4.48. The fourth-order valence-corrected chi connectivity index (χ4v) is 3.22. The fraction of sp³-hybridized carbons (Fsp3) is 0.227. The molecule has 0 unspecified atom stereocenters. The van der Waals surface area contributed by atoms with Crippen molar-refractivity contribution in [3.8, 4) is 11.3 Å². The Morgan fingerprint density at radius 1 is 0.808 bits per heavy atom. The molecule has 0 saturated carbocycles. The van der Waals surface area contributed by atoms with Crippen LogP contribution in [0.3, 0.4) is 0 Å². The SMILES string of the molecule is Cc1ccc(-c2nc3c(NC(C)C)ncnc3c3ccc(C)cc23)cc1. The van der Waals surface area contributed by atoms with Crippen LogP contribution < -0.4 is 5.32 Å². The molecule has 0 saturated heterocycles. The Labute approximate surface area is 153 Å². The van der Waals surface area contributed by atoms with Gasteiger partial charge in [0.15, 0.2) is 5.82 Å². The van der Waals surface area contributed by atoms with E-state index in [9.17, 15) is 0 Å². The monoisotopic (exact) mass is 342 g/mol. The quantitative estimate of drug-likeness (QED) is 0.515. The lowest BCUT2D eigenvalue weighted by molar-refractivity contribution is 0.889. The summed E-state index contributed by atoms with van der Waals surface area (Å²) in [4.78, 5) is 14.0. The average molecular weight is 342 g/mol. The molecule has 4 aromatic rings. The second-order valence-corrected chi connectivity index (χ2v) is 7.09. The van der Waals surface area contributed by atoms with Crippen LogP contribution in [0.15, 0.2) is 48.8 Å². The Bertz CT molecular complexity index is 1100. The van der Waals surface area contributed by atoms with Crippen molar-refractivity contribution in [2.45, 2.75) is 33.7 Å². The molecule has 0 radical (unpaired) electrons. The summed E-state index contributed by atoms with van der Waals surface area (Å²) in [6.45, 7) is 8.39. The molecule has 0 aliphatic heterocycles. The summed E-state index contributed by atoms with van der Waals surface area (Å²) < 4.78 is 0. The summed E-state index contributed by atoms with van der Waals surface area (Å²) >= 11 is 0. The molecule has 26 heavy (non-hydrogen) atoms. The van der Waals surface area contributed by atoms with Crippen LogP contribution >= 0.6 is 0 Å². The molecule has 0 fully saturated rings. The number of nitrogens with one attached hydrogen (secondary N) is 1. The van der Waals surface area contributed by atoms with Crippen molar-refractivity contribution in [2.24, 2.45) is 0 Å². The maximum absolute atomic E-state index is 5.01. The highest BCUT2D eigenvalue weighted by atomic mass is 15.0. The zero-order valence-corrected chi connectivity index (χ0v) is 15.5. The number of nitrogens with zero attached hydrogens (tertiary/aromatic N) is 3. The van der Waals surface area contributed by atoms with Gasteiger partial charge in [0.05, 0.1) is 5.69 Å². The van der Waals surface area contributed by atoms with E-state index in [0.29, 0.717) is 0 Å². The van der Waals surface area contributed by atoms with Crippen molar-refractivity contribution < 1.29 is 0 Å². The van der Waals surface area contributed by atoms with E-state index in [0.717, 1.165) is 38.9 Å². The molecule has 130 valence electrons. The predicted molar refractivity (Wildman–Crippen MR) is 109 cm³/mol. The van der Waals surface area contributed by atoms with Crippen LogP contribution in [0, 0.1) is 13.8 Å². The third-order valence-electron chi connectivity index (χ3n) is 4.48. The molecule has 4 heteroatoms. The molecule has 0 aliphatic carbocycles. The van der Waals surface area contributed by atoms with Gasteiger partial charge in [0, 0.05) is 22.4 Å². The Morgan fingerprint density at radius 2 is 1.54 bits per heavy atom. The first-order valence-corrected chi connectivity index (χ1v) is 8.91. The van der Waals surface area contributed by atoms with E-state index in [-0.39, 0.29) is 6.04 Å². The Hall–Kier alpha value is -3.01. The second-order valence-electron chi connectivity index (χ2n) is 7.09. The largest absolute Gasteiger partial charge is 0.366 e. The lowest BCUT2D eigenvalue weighted by Crippen LogP contribution is -2.12. The van der Waals surface area contributed by atoms with Gasteiger partial charge in [-0.3, -0.25) is 0 Å². The van der Waals surface area contributed by atoms with Crippen LogP contribution in [-0.4, -0.2) is 21.0 Å². The van der Waals surface area contributed by atoms with Gasteiger partial charge in [0.2, 0.25) is 0 Å². The summed E-state index contributed by atoms with van der Waals surface area (Å²) in [6.07, 6.45) is 1.61. The number of pyridine rings is 1. The van der Waals surface area contributed by atoms with Crippen LogP contribution in [-0.2, 0) is 0 Å². The summed E-state index contributed by atoms with van der Waals surface area (Å²) in [7, 11) is 0. The molecule has 1 N–H and O–H groups in total. The normalized spacial score (nSPS) is 11.4. The second kappa shape index (κ2) is 6.37. The van der Waals surface area contributed by atoms with E-state index in [2.05, 4.69) is 85.4 Å². The summed E-state index contributed by atoms with van der Waals surface area (Å²) in [5, 5.41) is 5.62. The molecule has 0 bridgehead atoms. The number of aromatic nitrogens is 3. The molecular formula is C22H22N4. The smallest absolute Gasteiger partial charge is 0.156 e. The number of anilines is 1. The molecule has 0 aliphatic rings. The van der Waals surface area contributed by atoms with Crippen molar-refractivity contribution in [1.82, 2.24) is 15.0 Å². The first kappa shape index (κ1) is 16.5. The highest BCUT2D eigenvalue weighted by Gasteiger charge is 2.15. The van der Waals surface area contributed by atoms with Gasteiger partial charge >= 0.3 is 0 Å². The number of benzene rings is 2. The topological polar surface area (TPSA) is 50.7 Å². The number of rotatable bonds is 3. The minimum absolute atomic E-state index is 0.270. The molecule has 0 spiro atoms. The van der Waals surface area contributed by atoms with Crippen LogP contribution in [0.4, 0.5) is 5.82 Å². The van der Waals surface area contributed by atoms with E-state index in [4.69, 9.17) is 4.98 Å². The lowest BCUT2D eigenvalue weighted by atomic mass is 10.00. The Balaban J connectivity index is 2.10. The minimum Gasteiger partial charge on any atom is -0.366 e. The predicted octanol–water partition coefficient (Wildman–Crippen LogP) is 5.28. The van der Waals surface area contributed by atoms with Gasteiger partial charge in [-0.15, -0.1) is 0 Å². The molecule has 4 rings (SSSR count). The van der Waals surface area contributed by atoms with Gasteiger partial charge in [-0.2, -0.15) is 0 Å². The van der Waals surface area contributed by atoms with Crippen molar-refractivity contribution in [1.29, 1.82) is 0 Å². The van der Waals surface area contributed by atoms with Gasteiger partial charge in [0.1, 0.15) is 17.4 Å². The molecule has 2 aromatic heterocycles. The van der Waals surface area contributed by atoms with Gasteiger partial charge in [-0.1, -0.05) is 47.5 Å². The number of fused-ring (bicyclic) bond motifs is 3. The maximum atomic E-state index is 5.01. The first-order chi connectivity index (χ1) is 12.5. The van der Waals surface area contributed by atoms with Crippen LogP contribution in [0.5, 0.6) is 0 Å². The van der Waals surface area contributed by atoms with Crippen LogP contribution in [0.2, 0.25) is 0 Å². The van der Waals surface area contributed by atoms with Gasteiger partial charge in [0.25, 0.3) is 0 Å². The van der Waals surface area contributed by atoms with E-state index in [1.54, 1.807) is 6.33 Å². The summed E-state index contributed by atoms with van der Waals surface area (Å²) in [5.41, 5.74) is 6.22. The van der Waals surface area contributed by atoms with Crippen molar-refractivity contribution in [3.63, 3.8) is 0 Å². The molecule has 0 atom stereocenters. The van der Waals surface area contributed by atoms with Gasteiger partial charge in [-0.25, -0.2) is 15.0 Å². The van der Waals surface area contributed by atoms with Crippen molar-refractivity contribution in [2.75, 3.05) is 5.32 Å². The molecule has 2 aromatic carbocycles. The van der Waals surface area contributed by atoms with Gasteiger partial charge < -0.3 is 5.32 Å². The maximum Gasteiger partial charge on any atom is 0.156 e. The van der Waals surface area contributed by atoms with Crippen LogP contribution in [0.1, 0.15) is 25.0 Å². The zero-order chi connectivity index (χ0) is 18.3. The number of aryl methyl sites for hydroxylation is 2. The average Bonchev–Trinajstić information content (AvgIpc) is 2.61. The molecule has 4 nitrogen and oxygen atoms in total. The summed E-state index contributed by atoms with van der Waals surface area (Å²) in [6, 6.07) is 15.2. The molecular weight excluding hydrogens is 320 g/mol. The highest BCUT2D eigenvalue weighted by Crippen LogP contribution is 2.34. The van der Waals surface area contributed by atoms with Crippen molar-refractivity contribution >= 4 is 27.6 Å². The minimum atomic E-state index is 0.270. The zero-order valence-electron chi connectivity index (χ0n) is 15.5. The Morgan fingerprint density at radius 3 is 2.27 bits per heavy atom.